The van der Waals surface area contributed by atoms with Crippen molar-refractivity contribution in [1.29, 1.82) is 0 Å². The summed E-state index contributed by atoms with van der Waals surface area (Å²) in [6, 6.07) is 10.2. The summed E-state index contributed by atoms with van der Waals surface area (Å²) in [4.78, 5) is 10.8. The molecule has 1 aliphatic heterocycles. The third-order valence-electron chi connectivity index (χ3n) is 3.42. The third-order valence-corrected chi connectivity index (χ3v) is 3.95. The van der Waals surface area contributed by atoms with Gasteiger partial charge in [-0.15, -0.1) is 0 Å². The summed E-state index contributed by atoms with van der Waals surface area (Å²) in [7, 11) is -4.17. The maximum atomic E-state index is 10.8. The van der Waals surface area contributed by atoms with Crippen molar-refractivity contribution in [2.75, 3.05) is 13.2 Å². The third kappa shape index (κ3) is 8.94. The van der Waals surface area contributed by atoms with Crippen LogP contribution in [0.5, 0.6) is 0 Å². The highest BCUT2D eigenvalue weighted by Gasteiger charge is 2.24. The van der Waals surface area contributed by atoms with Crippen molar-refractivity contribution in [2.45, 2.75) is 38.4 Å². The minimum absolute atomic E-state index is 0.0289. The minimum Gasteiger partial charge on any atom is -0.480 e. The highest BCUT2D eigenvalue weighted by molar-refractivity contribution is 7.80. The molecule has 0 amide bonds. The van der Waals surface area contributed by atoms with Gasteiger partial charge in [0, 0.05) is 19.1 Å². The lowest BCUT2D eigenvalue weighted by Crippen LogP contribution is -2.50. The van der Waals surface area contributed by atoms with Crippen LogP contribution in [0.25, 0.3) is 0 Å². The second kappa shape index (κ2) is 10.4. The zero-order valence-electron chi connectivity index (χ0n) is 13.5. The summed E-state index contributed by atoms with van der Waals surface area (Å²) in [6.07, 6.45) is 1.61. The number of carbonyl (C=O) groups is 1. The van der Waals surface area contributed by atoms with Crippen LogP contribution in [-0.2, 0) is 25.9 Å². The topological polar surface area (TPSA) is 125 Å². The molecule has 1 aliphatic rings. The standard InChI is InChI=1S/C13H18N2O2.C2H6O4S/c16-13(17)12-7-6-11(9-15-12)14-8-10-4-2-1-3-5-10;1-2-6-7(3,4)5/h1-5,11-12,14-15H,6-9H2,(H,16,17);2H2,1H3,(H,3,4,5). The van der Waals surface area contributed by atoms with Gasteiger partial charge < -0.3 is 15.7 Å². The van der Waals surface area contributed by atoms with E-state index in [2.05, 4.69) is 26.9 Å². The SMILES string of the molecule is CCOS(=O)(=O)O.O=C(O)C1CCC(NCc2ccccc2)CN1. The van der Waals surface area contributed by atoms with Crippen molar-refractivity contribution in [1.82, 2.24) is 10.6 Å². The summed E-state index contributed by atoms with van der Waals surface area (Å²) in [5.74, 6) is -0.744. The van der Waals surface area contributed by atoms with Gasteiger partial charge in [-0.3, -0.25) is 9.35 Å². The number of aliphatic carboxylic acids is 1. The van der Waals surface area contributed by atoms with E-state index in [1.165, 1.54) is 12.5 Å². The van der Waals surface area contributed by atoms with Crippen molar-refractivity contribution < 1.29 is 27.1 Å². The summed E-state index contributed by atoms with van der Waals surface area (Å²) >= 11 is 0. The fourth-order valence-corrected chi connectivity index (χ4v) is 2.55. The molecule has 9 heteroatoms. The molecule has 0 bridgehead atoms. The Balaban J connectivity index is 0.000000351. The number of piperidine rings is 1. The first-order valence-electron chi connectivity index (χ1n) is 7.67. The molecule has 2 rings (SSSR count). The highest BCUT2D eigenvalue weighted by Crippen LogP contribution is 2.09. The summed E-state index contributed by atoms with van der Waals surface area (Å²) < 4.78 is 30.7. The minimum atomic E-state index is -4.17. The van der Waals surface area contributed by atoms with E-state index in [4.69, 9.17) is 9.66 Å². The Bertz CT molecular complexity index is 585. The monoisotopic (exact) mass is 360 g/mol. The molecular weight excluding hydrogens is 336 g/mol. The van der Waals surface area contributed by atoms with E-state index >= 15 is 0 Å². The lowest BCUT2D eigenvalue weighted by atomic mass is 10.0. The van der Waals surface area contributed by atoms with Crippen LogP contribution in [0.4, 0.5) is 0 Å². The molecule has 8 nitrogen and oxygen atoms in total. The average Bonchev–Trinajstić information content (AvgIpc) is 2.54. The Morgan fingerprint density at radius 3 is 2.42 bits per heavy atom. The molecule has 1 heterocycles. The lowest BCUT2D eigenvalue weighted by Gasteiger charge is -2.28. The molecule has 0 aliphatic carbocycles. The van der Waals surface area contributed by atoms with E-state index < -0.39 is 16.4 Å². The number of carboxylic acid groups (broad SMARTS) is 1. The predicted molar refractivity (Wildman–Crippen MR) is 88.9 cm³/mol. The largest absolute Gasteiger partial charge is 0.480 e. The molecule has 0 radical (unpaired) electrons. The second-order valence-corrected chi connectivity index (χ2v) is 6.37. The molecule has 2 atom stereocenters. The van der Waals surface area contributed by atoms with Crippen LogP contribution in [-0.4, -0.2) is 49.3 Å². The maximum Gasteiger partial charge on any atom is 0.397 e. The van der Waals surface area contributed by atoms with E-state index in [1.807, 2.05) is 18.2 Å². The van der Waals surface area contributed by atoms with Gasteiger partial charge in [-0.05, 0) is 25.3 Å². The molecule has 136 valence electrons. The highest BCUT2D eigenvalue weighted by atomic mass is 32.3. The Hall–Kier alpha value is -1.52. The molecule has 1 saturated heterocycles. The summed E-state index contributed by atoms with van der Waals surface area (Å²) in [6.45, 7) is 3.00. The molecule has 0 saturated carbocycles. The molecule has 24 heavy (non-hydrogen) atoms. The number of carboxylic acids is 1. The molecule has 1 aromatic carbocycles. The smallest absolute Gasteiger partial charge is 0.397 e. The van der Waals surface area contributed by atoms with Gasteiger partial charge in [-0.1, -0.05) is 30.3 Å². The van der Waals surface area contributed by atoms with E-state index in [0.717, 1.165) is 19.5 Å². The van der Waals surface area contributed by atoms with Gasteiger partial charge in [0.25, 0.3) is 0 Å². The lowest BCUT2D eigenvalue weighted by molar-refractivity contribution is -0.140. The van der Waals surface area contributed by atoms with Gasteiger partial charge in [-0.2, -0.15) is 8.42 Å². The fraction of sp³-hybridized carbons (Fsp3) is 0.533. The molecule has 1 fully saturated rings. The zero-order chi connectivity index (χ0) is 18.0. The van der Waals surface area contributed by atoms with Crippen molar-refractivity contribution in [3.63, 3.8) is 0 Å². The quantitative estimate of drug-likeness (QED) is 0.549. The normalized spacial score (nSPS) is 20.8. The Morgan fingerprint density at radius 1 is 1.33 bits per heavy atom. The molecule has 2 unspecified atom stereocenters. The van der Waals surface area contributed by atoms with Crippen LogP contribution in [0, 0.1) is 0 Å². The predicted octanol–water partition coefficient (Wildman–Crippen LogP) is 0.807. The van der Waals surface area contributed by atoms with Crippen LogP contribution < -0.4 is 10.6 Å². The number of rotatable bonds is 6. The van der Waals surface area contributed by atoms with Crippen LogP contribution in [0.15, 0.2) is 30.3 Å². The molecule has 0 spiro atoms. The number of hydrogen-bond donors (Lipinski definition) is 4. The second-order valence-electron chi connectivity index (χ2n) is 5.27. The Labute approximate surface area is 142 Å². The van der Waals surface area contributed by atoms with E-state index in [9.17, 15) is 13.2 Å². The number of hydrogen-bond acceptors (Lipinski definition) is 6. The van der Waals surface area contributed by atoms with Crippen molar-refractivity contribution >= 4 is 16.4 Å². The van der Waals surface area contributed by atoms with E-state index in [-0.39, 0.29) is 12.6 Å². The first kappa shape index (κ1) is 20.5. The van der Waals surface area contributed by atoms with Crippen LogP contribution in [0.2, 0.25) is 0 Å². The van der Waals surface area contributed by atoms with Crippen molar-refractivity contribution in [3.8, 4) is 0 Å². The fourth-order valence-electron chi connectivity index (χ4n) is 2.25. The summed E-state index contributed by atoms with van der Waals surface area (Å²) in [5.41, 5.74) is 1.26. The van der Waals surface area contributed by atoms with Crippen molar-refractivity contribution in [2.24, 2.45) is 0 Å². The van der Waals surface area contributed by atoms with E-state index in [0.29, 0.717) is 12.5 Å². The van der Waals surface area contributed by atoms with Crippen LogP contribution >= 0.6 is 0 Å². The van der Waals surface area contributed by atoms with Gasteiger partial charge in [0.2, 0.25) is 0 Å². The molecule has 4 N–H and O–H groups in total. The number of nitrogens with one attached hydrogen (secondary N) is 2. The molecule has 0 aromatic heterocycles. The van der Waals surface area contributed by atoms with Gasteiger partial charge >= 0.3 is 16.4 Å². The maximum absolute atomic E-state index is 10.8. The number of benzene rings is 1. The molecular formula is C15H24N2O6S. The van der Waals surface area contributed by atoms with Gasteiger partial charge in [0.15, 0.2) is 0 Å². The van der Waals surface area contributed by atoms with Gasteiger partial charge in [0.05, 0.1) is 6.61 Å². The zero-order valence-corrected chi connectivity index (χ0v) is 14.3. The van der Waals surface area contributed by atoms with Crippen LogP contribution in [0.3, 0.4) is 0 Å². The van der Waals surface area contributed by atoms with Crippen molar-refractivity contribution in [3.05, 3.63) is 35.9 Å². The molecule has 1 aromatic rings. The Kier molecular flexibility index (Phi) is 8.87. The average molecular weight is 360 g/mol. The van der Waals surface area contributed by atoms with Gasteiger partial charge in [-0.25, -0.2) is 4.18 Å². The Morgan fingerprint density at radius 2 is 2.00 bits per heavy atom. The van der Waals surface area contributed by atoms with E-state index in [1.54, 1.807) is 0 Å². The first-order chi connectivity index (χ1) is 11.3. The van der Waals surface area contributed by atoms with Gasteiger partial charge in [0.1, 0.15) is 6.04 Å². The van der Waals surface area contributed by atoms with Crippen LogP contribution in [0.1, 0.15) is 25.3 Å². The summed E-state index contributed by atoms with van der Waals surface area (Å²) in [5, 5.41) is 15.3. The first-order valence-corrected chi connectivity index (χ1v) is 9.03.